The quantitative estimate of drug-likeness (QED) is 0.298. The largest absolute Gasteiger partial charge is 0.466 e. The second kappa shape index (κ2) is 10.0. The van der Waals surface area contributed by atoms with Gasteiger partial charge >= 0.3 is 5.97 Å². The van der Waals surface area contributed by atoms with E-state index in [2.05, 4.69) is 4.98 Å². The number of hydrogen-bond acceptors (Lipinski definition) is 7. The van der Waals surface area contributed by atoms with E-state index in [1.807, 2.05) is 0 Å². The highest BCUT2D eigenvalue weighted by atomic mass is 32.2. The third-order valence-corrected chi connectivity index (χ3v) is 7.46. The van der Waals surface area contributed by atoms with Crippen molar-refractivity contribution >= 4 is 45.2 Å². The number of thiophene rings is 1. The van der Waals surface area contributed by atoms with E-state index in [0.717, 1.165) is 0 Å². The number of rotatable bonds is 6. The molecule has 3 heterocycles. The zero-order valence-electron chi connectivity index (χ0n) is 18.4. The van der Waals surface area contributed by atoms with E-state index in [1.54, 1.807) is 36.3 Å². The summed E-state index contributed by atoms with van der Waals surface area (Å²) in [5.74, 6) is -0.733. The Labute approximate surface area is 198 Å². The first-order valence-corrected chi connectivity index (χ1v) is 12.6. The Kier molecular flexibility index (Phi) is 7.14. The van der Waals surface area contributed by atoms with Crippen molar-refractivity contribution in [2.24, 2.45) is 5.92 Å². The fourth-order valence-corrected chi connectivity index (χ4v) is 5.58. The number of ether oxygens (including phenoxy) is 1. The fraction of sp³-hybridized carbons (Fsp3) is 0.391. The molecule has 0 N–H and O–H groups in total. The average Bonchev–Trinajstić information content (AvgIpc) is 3.28. The molecule has 174 valence electrons. The van der Waals surface area contributed by atoms with E-state index in [1.165, 1.54) is 39.8 Å². The lowest BCUT2D eigenvalue weighted by Gasteiger charge is -2.30. The highest BCUT2D eigenvalue weighted by Gasteiger charge is 2.28. The summed E-state index contributed by atoms with van der Waals surface area (Å²) in [5, 5.41) is 2.18. The average molecular weight is 490 g/mol. The molecule has 33 heavy (non-hydrogen) atoms. The normalized spacial score (nSPS) is 14.6. The number of halogens is 1. The van der Waals surface area contributed by atoms with Gasteiger partial charge in [-0.1, -0.05) is 11.8 Å². The van der Waals surface area contributed by atoms with Crippen LogP contribution in [0.3, 0.4) is 0 Å². The molecule has 1 aliphatic rings. The number of amides is 1. The van der Waals surface area contributed by atoms with Gasteiger partial charge in [0.05, 0.1) is 29.5 Å². The number of aryl methyl sites for hydroxylation is 1. The second-order valence-electron chi connectivity index (χ2n) is 7.80. The number of esters is 1. The summed E-state index contributed by atoms with van der Waals surface area (Å²) >= 11 is 2.49. The van der Waals surface area contributed by atoms with Crippen LogP contribution >= 0.6 is 23.1 Å². The minimum absolute atomic E-state index is 0.0793. The van der Waals surface area contributed by atoms with Crippen molar-refractivity contribution in [2.75, 3.05) is 25.4 Å². The van der Waals surface area contributed by atoms with Gasteiger partial charge in [0.15, 0.2) is 5.16 Å². The smallest absolute Gasteiger partial charge is 0.309 e. The molecule has 1 aromatic carbocycles. The molecule has 0 saturated carbocycles. The van der Waals surface area contributed by atoms with Crippen molar-refractivity contribution in [3.63, 3.8) is 0 Å². The van der Waals surface area contributed by atoms with Crippen molar-refractivity contribution in [3.05, 3.63) is 51.4 Å². The number of benzene rings is 1. The third kappa shape index (κ3) is 4.96. The molecule has 0 unspecified atom stereocenters. The molecule has 10 heteroatoms. The molecular formula is C23H24FN3O4S2. The van der Waals surface area contributed by atoms with Crippen molar-refractivity contribution in [2.45, 2.75) is 31.8 Å². The van der Waals surface area contributed by atoms with Crippen molar-refractivity contribution < 1.29 is 18.7 Å². The Morgan fingerprint density at radius 2 is 2.03 bits per heavy atom. The van der Waals surface area contributed by atoms with Gasteiger partial charge in [0.25, 0.3) is 5.56 Å². The Balaban J connectivity index is 1.54. The minimum Gasteiger partial charge on any atom is -0.466 e. The van der Waals surface area contributed by atoms with Crippen LogP contribution in [0.2, 0.25) is 0 Å². The molecule has 0 aliphatic carbocycles. The van der Waals surface area contributed by atoms with Crippen molar-refractivity contribution in [1.29, 1.82) is 0 Å². The Bertz CT molecular complexity index is 1250. The Morgan fingerprint density at radius 1 is 1.27 bits per heavy atom. The fourth-order valence-electron chi connectivity index (χ4n) is 3.91. The summed E-state index contributed by atoms with van der Waals surface area (Å²) in [7, 11) is 0. The number of aromatic nitrogens is 2. The third-order valence-electron chi connectivity index (χ3n) is 5.64. The summed E-state index contributed by atoms with van der Waals surface area (Å²) in [6.45, 7) is 4.85. The number of thioether (sulfide) groups is 1. The number of carbonyl (C=O) groups is 2. The number of likely N-dealkylation sites (tertiary alicyclic amines) is 1. The van der Waals surface area contributed by atoms with Gasteiger partial charge in [0, 0.05) is 13.1 Å². The lowest BCUT2D eigenvalue weighted by Crippen LogP contribution is -2.41. The topological polar surface area (TPSA) is 81.5 Å². The van der Waals surface area contributed by atoms with Gasteiger partial charge in [-0.2, -0.15) is 0 Å². The zero-order valence-corrected chi connectivity index (χ0v) is 20.0. The van der Waals surface area contributed by atoms with E-state index < -0.39 is 0 Å². The van der Waals surface area contributed by atoms with E-state index >= 15 is 0 Å². The maximum Gasteiger partial charge on any atom is 0.309 e. The predicted molar refractivity (Wildman–Crippen MR) is 127 cm³/mol. The molecule has 0 spiro atoms. The highest BCUT2D eigenvalue weighted by molar-refractivity contribution is 7.99. The summed E-state index contributed by atoms with van der Waals surface area (Å²) < 4.78 is 20.7. The van der Waals surface area contributed by atoms with Crippen LogP contribution < -0.4 is 5.56 Å². The van der Waals surface area contributed by atoms with Gasteiger partial charge < -0.3 is 9.64 Å². The number of carbonyl (C=O) groups excluding carboxylic acids is 2. The molecule has 0 atom stereocenters. The molecule has 7 nitrogen and oxygen atoms in total. The lowest BCUT2D eigenvalue weighted by atomic mass is 9.97. The van der Waals surface area contributed by atoms with Gasteiger partial charge in [0.2, 0.25) is 5.91 Å². The molecule has 1 saturated heterocycles. The maximum absolute atomic E-state index is 13.7. The molecule has 1 aliphatic heterocycles. The minimum atomic E-state index is -0.384. The summed E-state index contributed by atoms with van der Waals surface area (Å²) in [4.78, 5) is 44.4. The van der Waals surface area contributed by atoms with Crippen molar-refractivity contribution in [3.8, 4) is 5.69 Å². The van der Waals surface area contributed by atoms with E-state index in [4.69, 9.17) is 4.74 Å². The van der Waals surface area contributed by atoms with Gasteiger partial charge in [-0.15, -0.1) is 11.3 Å². The van der Waals surface area contributed by atoms with Crippen LogP contribution in [0.25, 0.3) is 15.9 Å². The predicted octanol–water partition coefficient (Wildman–Crippen LogP) is 3.79. The first-order valence-electron chi connectivity index (χ1n) is 10.7. The first kappa shape index (κ1) is 23.4. The zero-order chi connectivity index (χ0) is 23.5. The van der Waals surface area contributed by atoms with E-state index in [-0.39, 0.29) is 34.9 Å². The summed E-state index contributed by atoms with van der Waals surface area (Å²) in [6, 6.07) is 6.00. The SMILES string of the molecule is CCOC(=O)C1CCN(C(=O)CSc2nc3ccsc3c(=O)n2-c2ccc(F)cc2C)CC1. The molecule has 1 fully saturated rings. The molecule has 0 bridgehead atoms. The molecule has 0 radical (unpaired) electrons. The highest BCUT2D eigenvalue weighted by Crippen LogP contribution is 2.26. The monoisotopic (exact) mass is 489 g/mol. The molecule has 3 aromatic rings. The number of fused-ring (bicyclic) bond motifs is 1. The van der Waals surface area contributed by atoms with E-state index in [0.29, 0.717) is 59.2 Å². The number of hydrogen-bond donors (Lipinski definition) is 0. The van der Waals surface area contributed by atoms with Crippen LogP contribution in [0.1, 0.15) is 25.3 Å². The van der Waals surface area contributed by atoms with Crippen LogP contribution in [0.15, 0.2) is 39.6 Å². The van der Waals surface area contributed by atoms with Crippen LogP contribution in [-0.4, -0.2) is 51.8 Å². The molecule has 1 amide bonds. The Morgan fingerprint density at radius 3 is 2.73 bits per heavy atom. The van der Waals surface area contributed by atoms with E-state index in [9.17, 15) is 18.8 Å². The van der Waals surface area contributed by atoms with Crippen LogP contribution in [-0.2, 0) is 14.3 Å². The Hall–Kier alpha value is -2.72. The maximum atomic E-state index is 13.7. The summed E-state index contributed by atoms with van der Waals surface area (Å²) in [5.41, 5.74) is 1.47. The van der Waals surface area contributed by atoms with Crippen LogP contribution in [0.5, 0.6) is 0 Å². The van der Waals surface area contributed by atoms with Gasteiger partial charge in [0.1, 0.15) is 10.5 Å². The number of nitrogens with zero attached hydrogens (tertiary/aromatic N) is 3. The lowest BCUT2D eigenvalue weighted by molar-refractivity contribution is -0.151. The van der Waals surface area contributed by atoms with Gasteiger partial charge in [-0.05, 0) is 61.9 Å². The molecule has 4 rings (SSSR count). The molecule has 2 aromatic heterocycles. The number of piperidine rings is 1. The van der Waals surface area contributed by atoms with Crippen LogP contribution in [0, 0.1) is 18.7 Å². The summed E-state index contributed by atoms with van der Waals surface area (Å²) in [6.07, 6.45) is 1.15. The van der Waals surface area contributed by atoms with Crippen LogP contribution in [0.4, 0.5) is 4.39 Å². The second-order valence-corrected chi connectivity index (χ2v) is 9.66. The first-order chi connectivity index (χ1) is 15.9. The molecular weight excluding hydrogens is 465 g/mol. The van der Waals surface area contributed by atoms with Gasteiger partial charge in [-0.3, -0.25) is 19.0 Å². The standard InChI is InChI=1S/C23H24FN3O4S2/c1-3-31-22(30)15-6-9-26(10-7-15)19(28)13-33-23-25-17-8-11-32-20(17)21(29)27(23)18-5-4-16(24)12-14(18)2/h4-5,8,11-12,15H,3,6-7,9-10,13H2,1-2H3. The van der Waals surface area contributed by atoms with Crippen molar-refractivity contribution in [1.82, 2.24) is 14.5 Å². The van der Waals surface area contributed by atoms with Gasteiger partial charge in [-0.25, -0.2) is 9.37 Å².